The van der Waals surface area contributed by atoms with Crippen molar-refractivity contribution in [2.45, 2.75) is 32.2 Å². The third-order valence-corrected chi connectivity index (χ3v) is 3.31. The van der Waals surface area contributed by atoms with E-state index in [2.05, 4.69) is 20.4 Å². The number of rotatable bonds is 8. The minimum atomic E-state index is 0.618. The maximum Gasteiger partial charge on any atom is 0.153 e. The van der Waals surface area contributed by atoms with Crippen molar-refractivity contribution in [3.05, 3.63) is 5.82 Å². The van der Waals surface area contributed by atoms with Gasteiger partial charge in [0.05, 0.1) is 26.5 Å². The highest BCUT2D eigenvalue weighted by Gasteiger charge is 2.10. The van der Waals surface area contributed by atoms with Gasteiger partial charge in [-0.25, -0.2) is 4.68 Å². The number of nitrogens with zero attached hydrogens (tertiary/aromatic N) is 5. The Morgan fingerprint density at radius 2 is 2.00 bits per heavy atom. The summed E-state index contributed by atoms with van der Waals surface area (Å²) in [6.45, 7) is 5.00. The van der Waals surface area contributed by atoms with Gasteiger partial charge in [0.1, 0.15) is 0 Å². The zero-order chi connectivity index (χ0) is 13.3. The van der Waals surface area contributed by atoms with E-state index in [4.69, 9.17) is 9.47 Å². The van der Waals surface area contributed by atoms with Crippen molar-refractivity contribution in [3.8, 4) is 0 Å². The van der Waals surface area contributed by atoms with Gasteiger partial charge >= 0.3 is 0 Å². The average Bonchev–Trinajstić information content (AvgIpc) is 2.90. The number of piperidine rings is 1. The van der Waals surface area contributed by atoms with E-state index in [0.29, 0.717) is 19.8 Å². The average molecular weight is 269 g/mol. The first-order valence-corrected chi connectivity index (χ1v) is 6.94. The van der Waals surface area contributed by atoms with Crippen LogP contribution in [0.3, 0.4) is 0 Å². The molecule has 7 nitrogen and oxygen atoms in total. The monoisotopic (exact) mass is 269 g/mol. The van der Waals surface area contributed by atoms with Crippen LogP contribution >= 0.6 is 0 Å². The van der Waals surface area contributed by atoms with E-state index < -0.39 is 0 Å². The normalized spacial score (nSPS) is 16.9. The lowest BCUT2D eigenvalue weighted by molar-refractivity contribution is 0.0196. The van der Waals surface area contributed by atoms with Crippen molar-refractivity contribution < 1.29 is 9.47 Å². The van der Waals surface area contributed by atoms with Crippen LogP contribution in [0.25, 0.3) is 0 Å². The summed E-state index contributed by atoms with van der Waals surface area (Å²) in [5, 5.41) is 11.6. The third kappa shape index (κ3) is 4.85. The summed E-state index contributed by atoms with van der Waals surface area (Å²) in [7, 11) is 1.67. The molecule has 1 aliphatic rings. The predicted molar refractivity (Wildman–Crippen MR) is 69.6 cm³/mol. The van der Waals surface area contributed by atoms with E-state index in [9.17, 15) is 0 Å². The lowest BCUT2D eigenvalue weighted by atomic mass is 10.1. The predicted octanol–water partition coefficient (Wildman–Crippen LogP) is 0.322. The summed E-state index contributed by atoms with van der Waals surface area (Å²) < 4.78 is 12.5. The van der Waals surface area contributed by atoms with Crippen LogP contribution in [-0.2, 0) is 22.4 Å². The van der Waals surface area contributed by atoms with Crippen molar-refractivity contribution >= 4 is 0 Å². The van der Waals surface area contributed by atoms with Gasteiger partial charge in [-0.2, -0.15) is 0 Å². The number of ether oxygens (including phenoxy) is 2. The van der Waals surface area contributed by atoms with E-state index in [1.165, 1.54) is 19.3 Å². The molecular weight excluding hydrogens is 246 g/mol. The molecule has 0 unspecified atom stereocenters. The van der Waals surface area contributed by atoms with Gasteiger partial charge in [-0.05, 0) is 23.3 Å². The van der Waals surface area contributed by atoms with Gasteiger partial charge in [-0.3, -0.25) is 4.90 Å². The summed E-state index contributed by atoms with van der Waals surface area (Å²) in [6, 6.07) is 0. The standard InChI is InChI=1S/C12H23N5O2/c1-18-10-8-17-12(13-14-15-17)5-9-19-11-16-6-3-2-4-7-16/h2-11H2,1H3. The molecule has 1 saturated heterocycles. The van der Waals surface area contributed by atoms with Crippen LogP contribution in [0.5, 0.6) is 0 Å². The molecule has 1 aromatic heterocycles. The van der Waals surface area contributed by atoms with Crippen LogP contribution in [0, 0.1) is 0 Å². The summed E-state index contributed by atoms with van der Waals surface area (Å²) >= 11 is 0. The van der Waals surface area contributed by atoms with Gasteiger partial charge < -0.3 is 9.47 Å². The Bertz CT molecular complexity index is 352. The second kappa shape index (κ2) is 8.19. The quantitative estimate of drug-likeness (QED) is 0.633. The molecule has 19 heavy (non-hydrogen) atoms. The Balaban J connectivity index is 1.63. The summed E-state index contributed by atoms with van der Waals surface area (Å²) in [5.74, 6) is 0.857. The van der Waals surface area contributed by atoms with Crippen LogP contribution in [0.4, 0.5) is 0 Å². The second-order valence-corrected chi connectivity index (χ2v) is 4.78. The number of tetrazole rings is 1. The van der Waals surface area contributed by atoms with Crippen LogP contribution in [0.15, 0.2) is 0 Å². The first-order valence-electron chi connectivity index (χ1n) is 6.94. The molecule has 1 aromatic rings. The smallest absolute Gasteiger partial charge is 0.153 e. The summed E-state index contributed by atoms with van der Waals surface area (Å²) in [4.78, 5) is 2.36. The fraction of sp³-hybridized carbons (Fsp3) is 0.917. The highest BCUT2D eigenvalue weighted by Crippen LogP contribution is 2.08. The molecule has 0 saturated carbocycles. The first kappa shape index (κ1) is 14.4. The largest absolute Gasteiger partial charge is 0.383 e. The van der Waals surface area contributed by atoms with Gasteiger partial charge in [-0.1, -0.05) is 6.42 Å². The van der Waals surface area contributed by atoms with Gasteiger partial charge in [-0.15, -0.1) is 5.10 Å². The second-order valence-electron chi connectivity index (χ2n) is 4.78. The highest BCUT2D eigenvalue weighted by atomic mass is 16.5. The maximum atomic E-state index is 5.69. The van der Waals surface area contributed by atoms with Crippen LogP contribution in [0.2, 0.25) is 0 Å². The number of hydrogen-bond donors (Lipinski definition) is 0. The SMILES string of the molecule is COCCn1nnnc1CCOCN1CCCCC1. The molecule has 2 heterocycles. The lowest BCUT2D eigenvalue weighted by Crippen LogP contribution is -2.32. The Kier molecular flexibility index (Phi) is 6.19. The minimum absolute atomic E-state index is 0.618. The van der Waals surface area contributed by atoms with E-state index in [1.807, 2.05) is 0 Å². The molecule has 0 atom stereocenters. The topological polar surface area (TPSA) is 65.3 Å². The molecule has 0 aliphatic carbocycles. The lowest BCUT2D eigenvalue weighted by Gasteiger charge is -2.25. The fourth-order valence-electron chi connectivity index (χ4n) is 2.20. The van der Waals surface area contributed by atoms with Crippen molar-refractivity contribution in [1.82, 2.24) is 25.1 Å². The molecule has 7 heteroatoms. The zero-order valence-electron chi connectivity index (χ0n) is 11.6. The number of methoxy groups -OCH3 is 1. The Hall–Kier alpha value is -1.05. The molecule has 0 amide bonds. The highest BCUT2D eigenvalue weighted by molar-refractivity contribution is 4.80. The Labute approximate surface area is 113 Å². The number of hydrogen-bond acceptors (Lipinski definition) is 6. The number of likely N-dealkylation sites (tertiary alicyclic amines) is 1. The first-order chi connectivity index (χ1) is 9.40. The van der Waals surface area contributed by atoms with Gasteiger partial charge in [0.15, 0.2) is 5.82 Å². The van der Waals surface area contributed by atoms with Crippen molar-refractivity contribution in [3.63, 3.8) is 0 Å². The maximum absolute atomic E-state index is 5.69. The molecule has 1 fully saturated rings. The molecule has 108 valence electrons. The van der Waals surface area contributed by atoms with Crippen LogP contribution in [-0.4, -0.2) is 65.3 Å². The van der Waals surface area contributed by atoms with E-state index in [0.717, 1.165) is 32.1 Å². The van der Waals surface area contributed by atoms with E-state index in [-0.39, 0.29) is 0 Å². The zero-order valence-corrected chi connectivity index (χ0v) is 11.6. The van der Waals surface area contributed by atoms with E-state index >= 15 is 0 Å². The van der Waals surface area contributed by atoms with Crippen molar-refractivity contribution in [2.75, 3.05) is 40.1 Å². The van der Waals surface area contributed by atoms with Gasteiger partial charge in [0, 0.05) is 26.6 Å². The molecule has 0 N–H and O–H groups in total. The minimum Gasteiger partial charge on any atom is -0.383 e. The molecule has 2 rings (SSSR count). The van der Waals surface area contributed by atoms with E-state index in [1.54, 1.807) is 11.8 Å². The van der Waals surface area contributed by atoms with Gasteiger partial charge in [0.2, 0.25) is 0 Å². The Morgan fingerprint density at radius 1 is 1.16 bits per heavy atom. The van der Waals surface area contributed by atoms with Crippen molar-refractivity contribution in [1.29, 1.82) is 0 Å². The molecule has 0 spiro atoms. The molecule has 0 radical (unpaired) electrons. The van der Waals surface area contributed by atoms with Crippen LogP contribution in [0.1, 0.15) is 25.1 Å². The Morgan fingerprint density at radius 3 is 2.79 bits per heavy atom. The number of aromatic nitrogens is 4. The van der Waals surface area contributed by atoms with Crippen LogP contribution < -0.4 is 0 Å². The summed E-state index contributed by atoms with van der Waals surface area (Å²) in [6.07, 6.45) is 4.67. The molecule has 1 aliphatic heterocycles. The third-order valence-electron chi connectivity index (χ3n) is 3.31. The summed E-state index contributed by atoms with van der Waals surface area (Å²) in [5.41, 5.74) is 0. The molecule has 0 bridgehead atoms. The van der Waals surface area contributed by atoms with Gasteiger partial charge in [0.25, 0.3) is 0 Å². The molecule has 0 aromatic carbocycles. The fourth-order valence-corrected chi connectivity index (χ4v) is 2.20. The van der Waals surface area contributed by atoms with Crippen molar-refractivity contribution in [2.24, 2.45) is 0 Å². The molecular formula is C12H23N5O2.